The minimum absolute atomic E-state index is 0.0738. The highest BCUT2D eigenvalue weighted by atomic mass is 19.1. The summed E-state index contributed by atoms with van der Waals surface area (Å²) in [6, 6.07) is 4.85. The molecule has 0 spiro atoms. The zero-order valence-electron chi connectivity index (χ0n) is 10.5. The van der Waals surface area contributed by atoms with Gasteiger partial charge >= 0.3 is 5.97 Å². The van der Waals surface area contributed by atoms with Crippen molar-refractivity contribution >= 4 is 11.7 Å². The molecule has 19 heavy (non-hydrogen) atoms. The van der Waals surface area contributed by atoms with Gasteiger partial charge in [-0.3, -0.25) is 0 Å². The maximum atomic E-state index is 13.3. The number of carboxylic acid groups (broad SMARTS) is 1. The zero-order chi connectivity index (χ0) is 13.4. The van der Waals surface area contributed by atoms with Gasteiger partial charge in [0, 0.05) is 18.8 Å². The summed E-state index contributed by atoms with van der Waals surface area (Å²) in [7, 11) is 0. The fourth-order valence-corrected chi connectivity index (χ4v) is 2.88. The summed E-state index contributed by atoms with van der Waals surface area (Å²) in [6.07, 6.45) is 1.46. The molecule has 4 nitrogen and oxygen atoms in total. The van der Waals surface area contributed by atoms with Crippen LogP contribution in [0.15, 0.2) is 18.2 Å². The molecule has 1 fully saturated rings. The number of carbonyl (C=O) groups is 1. The molecular formula is C14H16FNO3. The third-order valence-electron chi connectivity index (χ3n) is 3.85. The lowest BCUT2D eigenvalue weighted by Crippen LogP contribution is -2.32. The van der Waals surface area contributed by atoms with Crippen molar-refractivity contribution in [3.8, 4) is 0 Å². The van der Waals surface area contributed by atoms with Crippen LogP contribution >= 0.6 is 0 Å². The van der Waals surface area contributed by atoms with E-state index in [1.807, 2.05) is 6.07 Å². The van der Waals surface area contributed by atoms with Crippen LogP contribution in [0, 0.1) is 5.82 Å². The van der Waals surface area contributed by atoms with Gasteiger partial charge in [0.25, 0.3) is 0 Å². The monoisotopic (exact) mass is 265 g/mol. The van der Waals surface area contributed by atoms with E-state index >= 15 is 0 Å². The summed E-state index contributed by atoms with van der Waals surface area (Å²) in [5.74, 6) is -1.13. The molecular weight excluding hydrogens is 249 g/mol. The van der Waals surface area contributed by atoms with E-state index in [9.17, 15) is 9.18 Å². The molecule has 2 aliphatic heterocycles. The first-order chi connectivity index (χ1) is 9.13. The van der Waals surface area contributed by atoms with Gasteiger partial charge in [0.15, 0.2) is 6.10 Å². The Morgan fingerprint density at radius 1 is 1.47 bits per heavy atom. The van der Waals surface area contributed by atoms with Gasteiger partial charge in [-0.05, 0) is 37.0 Å². The lowest BCUT2D eigenvalue weighted by molar-refractivity contribution is -0.149. The first-order valence-electron chi connectivity index (χ1n) is 6.55. The Hall–Kier alpha value is -1.62. The van der Waals surface area contributed by atoms with Gasteiger partial charge in [-0.25, -0.2) is 9.18 Å². The molecule has 0 amide bonds. The van der Waals surface area contributed by atoms with Crippen molar-refractivity contribution in [2.24, 2.45) is 0 Å². The highest BCUT2D eigenvalue weighted by Crippen LogP contribution is 2.30. The van der Waals surface area contributed by atoms with E-state index in [1.165, 1.54) is 6.07 Å². The summed E-state index contributed by atoms with van der Waals surface area (Å²) < 4.78 is 18.8. The SMILES string of the molecule is O=C(O)C1CCC(CN2CCc3ccc(F)cc32)O1. The second-order valence-electron chi connectivity index (χ2n) is 5.13. The largest absolute Gasteiger partial charge is 0.479 e. The van der Waals surface area contributed by atoms with Crippen molar-refractivity contribution in [2.75, 3.05) is 18.0 Å². The Morgan fingerprint density at radius 2 is 2.32 bits per heavy atom. The molecule has 0 saturated carbocycles. The van der Waals surface area contributed by atoms with Gasteiger partial charge in [0.2, 0.25) is 0 Å². The number of nitrogens with zero attached hydrogens (tertiary/aromatic N) is 1. The second-order valence-corrected chi connectivity index (χ2v) is 5.13. The first kappa shape index (κ1) is 12.4. The Labute approximate surface area is 110 Å². The highest BCUT2D eigenvalue weighted by molar-refractivity contribution is 5.72. The summed E-state index contributed by atoms with van der Waals surface area (Å²) in [5, 5.41) is 8.90. The Morgan fingerprint density at radius 3 is 3.05 bits per heavy atom. The fraction of sp³-hybridized carbons (Fsp3) is 0.500. The van der Waals surface area contributed by atoms with Crippen LogP contribution in [-0.2, 0) is 16.0 Å². The topological polar surface area (TPSA) is 49.8 Å². The van der Waals surface area contributed by atoms with Gasteiger partial charge in [-0.1, -0.05) is 6.07 Å². The van der Waals surface area contributed by atoms with E-state index in [1.54, 1.807) is 6.07 Å². The van der Waals surface area contributed by atoms with Crippen molar-refractivity contribution in [3.05, 3.63) is 29.6 Å². The molecule has 2 aliphatic rings. The molecule has 1 saturated heterocycles. The lowest BCUT2D eigenvalue weighted by atomic mass is 10.1. The summed E-state index contributed by atoms with van der Waals surface area (Å²) in [5.41, 5.74) is 2.07. The number of fused-ring (bicyclic) bond motifs is 1. The highest BCUT2D eigenvalue weighted by Gasteiger charge is 2.32. The minimum Gasteiger partial charge on any atom is -0.479 e. The second kappa shape index (κ2) is 4.81. The number of anilines is 1. The van der Waals surface area contributed by atoms with Crippen LogP contribution in [0.3, 0.4) is 0 Å². The van der Waals surface area contributed by atoms with Gasteiger partial charge < -0.3 is 14.7 Å². The Kier molecular flexibility index (Phi) is 3.14. The molecule has 1 aromatic rings. The minimum atomic E-state index is -0.893. The predicted octanol–water partition coefficient (Wildman–Crippen LogP) is 1.82. The number of rotatable bonds is 3. The van der Waals surface area contributed by atoms with Gasteiger partial charge in [-0.2, -0.15) is 0 Å². The summed E-state index contributed by atoms with van der Waals surface area (Å²) in [6.45, 7) is 1.48. The van der Waals surface area contributed by atoms with E-state index in [0.717, 1.165) is 30.6 Å². The van der Waals surface area contributed by atoms with E-state index in [2.05, 4.69) is 4.90 Å². The molecule has 2 heterocycles. The Bertz CT molecular complexity index is 505. The molecule has 3 rings (SSSR count). The fourth-order valence-electron chi connectivity index (χ4n) is 2.88. The van der Waals surface area contributed by atoms with Crippen LogP contribution < -0.4 is 4.90 Å². The number of hydrogen-bond donors (Lipinski definition) is 1. The maximum absolute atomic E-state index is 13.3. The first-order valence-corrected chi connectivity index (χ1v) is 6.55. The summed E-state index contributed by atoms with van der Waals surface area (Å²) >= 11 is 0. The quantitative estimate of drug-likeness (QED) is 0.905. The lowest BCUT2D eigenvalue weighted by Gasteiger charge is -2.23. The van der Waals surface area contributed by atoms with Crippen molar-refractivity contribution in [2.45, 2.75) is 31.5 Å². The number of benzene rings is 1. The van der Waals surface area contributed by atoms with Crippen molar-refractivity contribution in [3.63, 3.8) is 0 Å². The molecule has 2 atom stereocenters. The van der Waals surface area contributed by atoms with Crippen LogP contribution in [0.2, 0.25) is 0 Å². The molecule has 1 aromatic carbocycles. The number of ether oxygens (including phenoxy) is 1. The van der Waals surface area contributed by atoms with Gasteiger partial charge in [-0.15, -0.1) is 0 Å². The predicted molar refractivity (Wildman–Crippen MR) is 67.8 cm³/mol. The molecule has 0 bridgehead atoms. The van der Waals surface area contributed by atoms with E-state index in [4.69, 9.17) is 9.84 Å². The van der Waals surface area contributed by atoms with E-state index in [-0.39, 0.29) is 11.9 Å². The third-order valence-corrected chi connectivity index (χ3v) is 3.85. The summed E-state index contributed by atoms with van der Waals surface area (Å²) in [4.78, 5) is 12.9. The molecule has 102 valence electrons. The standard InChI is InChI=1S/C14H16FNO3/c15-10-2-1-9-5-6-16(12(9)7-10)8-11-3-4-13(19-11)14(17)18/h1-2,7,11,13H,3-6,8H2,(H,17,18). The number of halogens is 1. The molecule has 5 heteroatoms. The van der Waals surface area contributed by atoms with Crippen LogP contribution in [0.25, 0.3) is 0 Å². The Balaban J connectivity index is 1.67. The average molecular weight is 265 g/mol. The normalized spacial score (nSPS) is 25.6. The average Bonchev–Trinajstić information content (AvgIpc) is 2.98. The van der Waals surface area contributed by atoms with Crippen LogP contribution in [-0.4, -0.2) is 36.4 Å². The smallest absolute Gasteiger partial charge is 0.332 e. The molecule has 0 radical (unpaired) electrons. The van der Waals surface area contributed by atoms with Crippen LogP contribution in [0.4, 0.5) is 10.1 Å². The number of carboxylic acids is 1. The number of aliphatic carboxylic acids is 1. The van der Waals surface area contributed by atoms with Gasteiger partial charge in [0.1, 0.15) is 5.82 Å². The van der Waals surface area contributed by atoms with Crippen molar-refractivity contribution < 1.29 is 19.0 Å². The molecule has 0 aromatic heterocycles. The molecule has 0 aliphatic carbocycles. The van der Waals surface area contributed by atoms with Crippen molar-refractivity contribution in [1.82, 2.24) is 0 Å². The van der Waals surface area contributed by atoms with Gasteiger partial charge in [0.05, 0.1) is 6.10 Å². The maximum Gasteiger partial charge on any atom is 0.332 e. The van der Waals surface area contributed by atoms with E-state index < -0.39 is 12.1 Å². The van der Waals surface area contributed by atoms with Crippen LogP contribution in [0.1, 0.15) is 18.4 Å². The van der Waals surface area contributed by atoms with Crippen LogP contribution in [0.5, 0.6) is 0 Å². The molecule has 2 unspecified atom stereocenters. The third kappa shape index (κ3) is 2.42. The van der Waals surface area contributed by atoms with Crippen molar-refractivity contribution in [1.29, 1.82) is 0 Å². The van der Waals surface area contributed by atoms with E-state index in [0.29, 0.717) is 13.0 Å². The number of hydrogen-bond acceptors (Lipinski definition) is 3. The molecule has 1 N–H and O–H groups in total. The zero-order valence-corrected chi connectivity index (χ0v) is 10.5.